The second kappa shape index (κ2) is 7.09. The van der Waals surface area contributed by atoms with Gasteiger partial charge >= 0.3 is 0 Å². The molecule has 0 aliphatic carbocycles. The topological polar surface area (TPSA) is 53.8 Å². The molecular formula is C15H11ClN2OS. The minimum absolute atomic E-state index is 0.0808. The van der Waals surface area contributed by atoms with Crippen LogP contribution in [0.1, 0.15) is 22.3 Å². The molecule has 0 fully saturated rings. The Morgan fingerprint density at radius 1 is 1.20 bits per heavy atom. The lowest BCUT2D eigenvalue weighted by atomic mass is 10.1. The summed E-state index contributed by atoms with van der Waals surface area (Å²) in [6.07, 6.45) is 2.05. The number of carbonyl (C=O) groups excluding carboxylic acids is 1. The van der Waals surface area contributed by atoms with Crippen molar-refractivity contribution in [2.75, 3.05) is 5.75 Å². The summed E-state index contributed by atoms with van der Waals surface area (Å²) in [5.74, 6) is 0.622. The van der Waals surface area contributed by atoms with Gasteiger partial charge in [0.15, 0.2) is 5.78 Å². The summed E-state index contributed by atoms with van der Waals surface area (Å²) in [6, 6.07) is 12.4. The lowest BCUT2D eigenvalue weighted by molar-refractivity contribution is 0.103. The summed E-state index contributed by atoms with van der Waals surface area (Å²) >= 11 is 7.30. The van der Waals surface area contributed by atoms with Crippen LogP contribution in [0.3, 0.4) is 0 Å². The minimum atomic E-state index is -0.0808. The number of thioether (sulfide) groups is 1. The van der Waals surface area contributed by atoms with Gasteiger partial charge < -0.3 is 0 Å². The van der Waals surface area contributed by atoms with Crippen molar-refractivity contribution in [3.63, 3.8) is 0 Å². The van der Waals surface area contributed by atoms with Gasteiger partial charge in [0.05, 0.1) is 11.1 Å². The number of benzene rings is 1. The summed E-state index contributed by atoms with van der Waals surface area (Å²) in [7, 11) is 0. The highest BCUT2D eigenvalue weighted by atomic mass is 35.5. The number of nitrogens with zero attached hydrogens (tertiary/aromatic N) is 2. The molecular weight excluding hydrogens is 292 g/mol. The zero-order valence-electron chi connectivity index (χ0n) is 10.5. The zero-order chi connectivity index (χ0) is 14.4. The maximum absolute atomic E-state index is 12.2. The molecule has 0 aliphatic rings. The molecule has 0 aliphatic heterocycles. The third-order valence-electron chi connectivity index (χ3n) is 2.57. The molecule has 20 heavy (non-hydrogen) atoms. The van der Waals surface area contributed by atoms with Crippen molar-refractivity contribution < 1.29 is 4.79 Å². The van der Waals surface area contributed by atoms with Crippen molar-refractivity contribution in [1.82, 2.24) is 4.98 Å². The Balaban J connectivity index is 2.07. The third kappa shape index (κ3) is 3.83. The van der Waals surface area contributed by atoms with Gasteiger partial charge in [0.25, 0.3) is 0 Å². The molecule has 5 heteroatoms. The first-order valence-corrected chi connectivity index (χ1v) is 7.33. The first-order valence-electron chi connectivity index (χ1n) is 5.97. The van der Waals surface area contributed by atoms with E-state index >= 15 is 0 Å². The highest BCUT2D eigenvalue weighted by molar-refractivity contribution is 7.99. The molecule has 0 atom stereocenters. The SMILES string of the molecule is N#CCCSc1ccc(C(=O)c2ccc(Cl)cc2)cn1. The van der Waals surface area contributed by atoms with Gasteiger partial charge in [-0.15, -0.1) is 11.8 Å². The first-order chi connectivity index (χ1) is 9.70. The van der Waals surface area contributed by atoms with E-state index in [0.717, 1.165) is 5.03 Å². The lowest BCUT2D eigenvalue weighted by Gasteiger charge is -2.02. The molecule has 0 saturated carbocycles. The first kappa shape index (κ1) is 14.6. The van der Waals surface area contributed by atoms with Crippen LogP contribution < -0.4 is 0 Å². The fraction of sp³-hybridized carbons (Fsp3) is 0.133. The van der Waals surface area contributed by atoms with E-state index in [4.69, 9.17) is 16.9 Å². The van der Waals surface area contributed by atoms with Crippen LogP contribution in [0.15, 0.2) is 47.6 Å². The number of carbonyl (C=O) groups is 1. The van der Waals surface area contributed by atoms with Crippen LogP contribution >= 0.6 is 23.4 Å². The van der Waals surface area contributed by atoms with Crippen LogP contribution in [0.5, 0.6) is 0 Å². The molecule has 0 saturated heterocycles. The van der Waals surface area contributed by atoms with E-state index in [1.54, 1.807) is 42.6 Å². The van der Waals surface area contributed by atoms with Crippen LogP contribution in [0.2, 0.25) is 5.02 Å². The van der Waals surface area contributed by atoms with E-state index in [-0.39, 0.29) is 5.78 Å². The molecule has 0 unspecified atom stereocenters. The number of aromatic nitrogens is 1. The number of hydrogen-bond acceptors (Lipinski definition) is 4. The van der Waals surface area contributed by atoms with Crippen molar-refractivity contribution in [3.8, 4) is 6.07 Å². The van der Waals surface area contributed by atoms with Gasteiger partial charge in [-0.2, -0.15) is 5.26 Å². The summed E-state index contributed by atoms with van der Waals surface area (Å²) in [6.45, 7) is 0. The quantitative estimate of drug-likeness (QED) is 0.476. The molecule has 0 bridgehead atoms. The number of nitriles is 1. The van der Waals surface area contributed by atoms with Crippen LogP contribution in [0, 0.1) is 11.3 Å². The minimum Gasteiger partial charge on any atom is -0.289 e. The maximum Gasteiger partial charge on any atom is 0.194 e. The normalized spacial score (nSPS) is 10.0. The van der Waals surface area contributed by atoms with Gasteiger partial charge in [0.2, 0.25) is 0 Å². The monoisotopic (exact) mass is 302 g/mol. The maximum atomic E-state index is 12.2. The fourth-order valence-corrected chi connectivity index (χ4v) is 2.39. The Bertz CT molecular complexity index is 632. The molecule has 0 N–H and O–H groups in total. The van der Waals surface area contributed by atoms with Crippen LogP contribution in [-0.2, 0) is 0 Å². The highest BCUT2D eigenvalue weighted by Crippen LogP contribution is 2.18. The predicted molar refractivity (Wildman–Crippen MR) is 80.1 cm³/mol. The molecule has 1 aromatic heterocycles. The molecule has 0 amide bonds. The van der Waals surface area contributed by atoms with E-state index in [1.165, 1.54) is 11.8 Å². The van der Waals surface area contributed by atoms with E-state index in [1.807, 2.05) is 0 Å². The summed E-state index contributed by atoms with van der Waals surface area (Å²) < 4.78 is 0. The number of rotatable bonds is 5. The zero-order valence-corrected chi connectivity index (χ0v) is 12.1. The molecule has 2 rings (SSSR count). The van der Waals surface area contributed by atoms with E-state index in [9.17, 15) is 4.79 Å². The standard InChI is InChI=1S/C15H11ClN2OS/c16-13-5-2-11(3-6-13)15(19)12-4-7-14(18-10-12)20-9-1-8-17/h2-7,10H,1,9H2. The number of ketones is 1. The van der Waals surface area contributed by atoms with Gasteiger partial charge in [-0.1, -0.05) is 11.6 Å². The molecule has 100 valence electrons. The summed E-state index contributed by atoms with van der Waals surface area (Å²) in [5, 5.41) is 9.88. The molecule has 1 aromatic carbocycles. The number of halogens is 1. The van der Waals surface area contributed by atoms with E-state index in [0.29, 0.717) is 28.3 Å². The Kier molecular flexibility index (Phi) is 5.16. The van der Waals surface area contributed by atoms with Crippen molar-refractivity contribution >= 4 is 29.1 Å². The Hall–Kier alpha value is -1.83. The average molecular weight is 303 g/mol. The second-order valence-corrected chi connectivity index (χ2v) is 5.53. The van der Waals surface area contributed by atoms with Crippen LogP contribution in [0.25, 0.3) is 0 Å². The van der Waals surface area contributed by atoms with Crippen molar-refractivity contribution in [3.05, 3.63) is 58.7 Å². The summed E-state index contributed by atoms with van der Waals surface area (Å²) in [5.41, 5.74) is 1.12. The molecule has 0 radical (unpaired) electrons. The summed E-state index contributed by atoms with van der Waals surface area (Å²) in [4.78, 5) is 16.4. The van der Waals surface area contributed by atoms with Gasteiger partial charge in [0, 0.05) is 34.5 Å². The largest absolute Gasteiger partial charge is 0.289 e. The van der Waals surface area contributed by atoms with Gasteiger partial charge in [-0.25, -0.2) is 4.98 Å². The van der Waals surface area contributed by atoms with Crippen LogP contribution in [0.4, 0.5) is 0 Å². The number of pyridine rings is 1. The Labute approximate surface area is 126 Å². The molecule has 2 aromatic rings. The van der Waals surface area contributed by atoms with E-state index in [2.05, 4.69) is 11.1 Å². The van der Waals surface area contributed by atoms with Crippen LogP contribution in [-0.4, -0.2) is 16.5 Å². The van der Waals surface area contributed by atoms with Crippen molar-refractivity contribution in [2.45, 2.75) is 11.4 Å². The van der Waals surface area contributed by atoms with E-state index < -0.39 is 0 Å². The second-order valence-electron chi connectivity index (χ2n) is 3.98. The third-order valence-corrected chi connectivity index (χ3v) is 3.77. The lowest BCUT2D eigenvalue weighted by Crippen LogP contribution is -2.01. The Morgan fingerprint density at radius 3 is 2.50 bits per heavy atom. The van der Waals surface area contributed by atoms with Crippen molar-refractivity contribution in [2.24, 2.45) is 0 Å². The van der Waals surface area contributed by atoms with Gasteiger partial charge in [0.1, 0.15) is 0 Å². The fourth-order valence-electron chi connectivity index (χ4n) is 1.57. The average Bonchev–Trinajstić information content (AvgIpc) is 2.48. The predicted octanol–water partition coefficient (Wildman–Crippen LogP) is 3.97. The molecule has 0 spiro atoms. The number of hydrogen-bond donors (Lipinski definition) is 0. The highest BCUT2D eigenvalue weighted by Gasteiger charge is 2.09. The van der Waals surface area contributed by atoms with Gasteiger partial charge in [-0.3, -0.25) is 4.79 Å². The molecule has 1 heterocycles. The van der Waals surface area contributed by atoms with Crippen molar-refractivity contribution in [1.29, 1.82) is 5.26 Å². The smallest absolute Gasteiger partial charge is 0.194 e. The van der Waals surface area contributed by atoms with Gasteiger partial charge in [-0.05, 0) is 36.4 Å². The Morgan fingerprint density at radius 2 is 1.90 bits per heavy atom. The molecule has 3 nitrogen and oxygen atoms in total.